The summed E-state index contributed by atoms with van der Waals surface area (Å²) < 4.78 is 1.20. The summed E-state index contributed by atoms with van der Waals surface area (Å²) in [5, 5.41) is 0. The van der Waals surface area contributed by atoms with Gasteiger partial charge in [-0.25, -0.2) is 0 Å². The van der Waals surface area contributed by atoms with Crippen LogP contribution < -0.4 is 4.90 Å². The molecule has 102 valence electrons. The van der Waals surface area contributed by atoms with Crippen molar-refractivity contribution in [3.8, 4) is 0 Å². The van der Waals surface area contributed by atoms with Crippen molar-refractivity contribution in [2.24, 2.45) is 0 Å². The van der Waals surface area contributed by atoms with Gasteiger partial charge < -0.3 is 4.90 Å². The maximum absolute atomic E-state index is 3.66. The summed E-state index contributed by atoms with van der Waals surface area (Å²) in [4.78, 5) is 2.48. The third kappa shape index (κ3) is 3.28. The van der Waals surface area contributed by atoms with Crippen LogP contribution in [0, 0.1) is 0 Å². The Hall–Kier alpha value is -0.500. The lowest BCUT2D eigenvalue weighted by molar-refractivity contribution is 0.783. The highest BCUT2D eigenvalue weighted by Crippen LogP contribution is 2.37. The van der Waals surface area contributed by atoms with E-state index < -0.39 is 0 Å². The monoisotopic (exact) mass is 311 g/mol. The predicted molar refractivity (Wildman–Crippen MR) is 85.9 cm³/mol. The summed E-state index contributed by atoms with van der Waals surface area (Å²) >= 11 is 3.66. The number of nitrogens with zero attached hydrogens (tertiary/aromatic N) is 1. The van der Waals surface area contributed by atoms with Gasteiger partial charge in [-0.2, -0.15) is 0 Å². The first-order valence-corrected chi connectivity index (χ1v) is 7.79. The first kappa shape index (κ1) is 15.6. The zero-order valence-electron chi connectivity index (χ0n) is 12.5. The second-order valence-corrected chi connectivity index (χ2v) is 6.33. The minimum Gasteiger partial charge on any atom is -0.372 e. The summed E-state index contributed by atoms with van der Waals surface area (Å²) in [7, 11) is 0. The second kappa shape index (κ2) is 6.60. The molecule has 2 heteroatoms. The molecule has 18 heavy (non-hydrogen) atoms. The van der Waals surface area contributed by atoms with Crippen molar-refractivity contribution in [3.63, 3.8) is 0 Å². The molecule has 1 aromatic carbocycles. The first-order chi connectivity index (χ1) is 8.42. The van der Waals surface area contributed by atoms with E-state index in [2.05, 4.69) is 74.5 Å². The SMILES string of the molecule is CCN(CC)c1c(C(C)C)cc(Br)cc1C(C)C. The van der Waals surface area contributed by atoms with Crippen molar-refractivity contribution in [1.82, 2.24) is 0 Å². The number of benzene rings is 1. The van der Waals surface area contributed by atoms with Gasteiger partial charge in [0.1, 0.15) is 0 Å². The van der Waals surface area contributed by atoms with Crippen LogP contribution in [0.15, 0.2) is 16.6 Å². The molecule has 0 amide bonds. The zero-order chi connectivity index (χ0) is 13.9. The fourth-order valence-corrected chi connectivity index (χ4v) is 2.92. The van der Waals surface area contributed by atoms with E-state index in [-0.39, 0.29) is 0 Å². The molecular formula is C16H26BrN. The molecule has 0 fully saturated rings. The Labute approximate surface area is 121 Å². The van der Waals surface area contributed by atoms with Crippen LogP contribution in [-0.4, -0.2) is 13.1 Å². The van der Waals surface area contributed by atoms with Gasteiger partial charge in [0.25, 0.3) is 0 Å². The van der Waals surface area contributed by atoms with Crippen molar-refractivity contribution < 1.29 is 0 Å². The van der Waals surface area contributed by atoms with Crippen LogP contribution in [-0.2, 0) is 0 Å². The summed E-state index contributed by atoms with van der Waals surface area (Å²) in [6, 6.07) is 4.56. The highest BCUT2D eigenvalue weighted by molar-refractivity contribution is 9.10. The van der Waals surface area contributed by atoms with Crippen LogP contribution in [0.3, 0.4) is 0 Å². The van der Waals surface area contributed by atoms with Gasteiger partial charge >= 0.3 is 0 Å². The maximum Gasteiger partial charge on any atom is 0.0437 e. The van der Waals surface area contributed by atoms with Crippen LogP contribution in [0.5, 0.6) is 0 Å². The lowest BCUT2D eigenvalue weighted by atomic mass is 9.92. The Morgan fingerprint density at radius 2 is 1.33 bits per heavy atom. The molecule has 0 aromatic heterocycles. The molecule has 0 spiro atoms. The van der Waals surface area contributed by atoms with Crippen LogP contribution >= 0.6 is 15.9 Å². The van der Waals surface area contributed by atoms with Gasteiger partial charge in [0.05, 0.1) is 0 Å². The van der Waals surface area contributed by atoms with Gasteiger partial charge in [0, 0.05) is 23.2 Å². The first-order valence-electron chi connectivity index (χ1n) is 7.00. The Bertz CT molecular complexity index is 363. The van der Waals surface area contributed by atoms with Gasteiger partial charge in [-0.15, -0.1) is 0 Å². The number of halogens is 1. The van der Waals surface area contributed by atoms with Crippen LogP contribution in [0.1, 0.15) is 64.5 Å². The highest BCUT2D eigenvalue weighted by Gasteiger charge is 2.18. The normalized spacial score (nSPS) is 11.4. The lowest BCUT2D eigenvalue weighted by Gasteiger charge is -2.30. The number of anilines is 1. The molecule has 1 nitrogen and oxygen atoms in total. The molecule has 0 saturated heterocycles. The molecule has 0 unspecified atom stereocenters. The van der Waals surface area contributed by atoms with E-state index in [1.165, 1.54) is 21.3 Å². The van der Waals surface area contributed by atoms with Gasteiger partial charge in [-0.1, -0.05) is 43.6 Å². The standard InChI is InChI=1S/C16H26BrN/c1-7-18(8-2)16-14(11(3)4)9-13(17)10-15(16)12(5)6/h9-12H,7-8H2,1-6H3. The molecule has 0 heterocycles. The van der Waals surface area contributed by atoms with Gasteiger partial charge in [0.15, 0.2) is 0 Å². The van der Waals surface area contributed by atoms with Crippen LogP contribution in [0.2, 0.25) is 0 Å². The van der Waals surface area contributed by atoms with E-state index in [0.29, 0.717) is 11.8 Å². The van der Waals surface area contributed by atoms with Crippen LogP contribution in [0.4, 0.5) is 5.69 Å². The average Bonchev–Trinajstić information content (AvgIpc) is 2.31. The van der Waals surface area contributed by atoms with E-state index in [1.54, 1.807) is 0 Å². The third-order valence-corrected chi connectivity index (χ3v) is 3.92. The Morgan fingerprint density at radius 3 is 1.61 bits per heavy atom. The third-order valence-electron chi connectivity index (χ3n) is 3.46. The van der Waals surface area contributed by atoms with Crippen molar-refractivity contribution in [2.45, 2.75) is 53.4 Å². The minimum absolute atomic E-state index is 0.551. The van der Waals surface area contributed by atoms with Crippen molar-refractivity contribution in [1.29, 1.82) is 0 Å². The Balaban J connectivity index is 3.49. The molecular weight excluding hydrogens is 286 g/mol. The molecule has 0 saturated carbocycles. The lowest BCUT2D eigenvalue weighted by Crippen LogP contribution is -2.25. The molecule has 0 N–H and O–H groups in total. The molecule has 0 atom stereocenters. The topological polar surface area (TPSA) is 3.24 Å². The second-order valence-electron chi connectivity index (χ2n) is 5.41. The van der Waals surface area contributed by atoms with Crippen LogP contribution in [0.25, 0.3) is 0 Å². The highest BCUT2D eigenvalue weighted by atomic mass is 79.9. The molecule has 0 aliphatic heterocycles. The fourth-order valence-electron chi connectivity index (χ4n) is 2.43. The smallest absolute Gasteiger partial charge is 0.0437 e. The van der Waals surface area contributed by atoms with Crippen molar-refractivity contribution in [2.75, 3.05) is 18.0 Å². The summed E-state index contributed by atoms with van der Waals surface area (Å²) in [5.41, 5.74) is 4.36. The van der Waals surface area contributed by atoms with E-state index in [9.17, 15) is 0 Å². The maximum atomic E-state index is 3.66. The van der Waals surface area contributed by atoms with E-state index >= 15 is 0 Å². The van der Waals surface area contributed by atoms with E-state index in [4.69, 9.17) is 0 Å². The number of hydrogen-bond acceptors (Lipinski definition) is 1. The molecule has 0 bridgehead atoms. The molecule has 1 aromatic rings. The summed E-state index contributed by atoms with van der Waals surface area (Å²) in [6.45, 7) is 15.7. The molecule has 1 rings (SSSR count). The number of rotatable bonds is 5. The van der Waals surface area contributed by atoms with Crippen molar-refractivity contribution in [3.05, 3.63) is 27.7 Å². The molecule has 0 aliphatic rings. The Morgan fingerprint density at radius 1 is 0.944 bits per heavy atom. The van der Waals surface area contributed by atoms with Gasteiger partial charge in [-0.3, -0.25) is 0 Å². The zero-order valence-corrected chi connectivity index (χ0v) is 14.1. The van der Waals surface area contributed by atoms with Crippen molar-refractivity contribution >= 4 is 21.6 Å². The fraction of sp³-hybridized carbons (Fsp3) is 0.625. The average molecular weight is 312 g/mol. The Kier molecular flexibility index (Phi) is 5.71. The molecule has 0 aliphatic carbocycles. The summed E-state index contributed by atoms with van der Waals surface area (Å²) in [5.74, 6) is 1.10. The summed E-state index contributed by atoms with van der Waals surface area (Å²) in [6.07, 6.45) is 0. The predicted octanol–water partition coefficient (Wildman–Crippen LogP) is 5.54. The van der Waals surface area contributed by atoms with Gasteiger partial charge in [0.2, 0.25) is 0 Å². The molecule has 0 radical (unpaired) electrons. The quantitative estimate of drug-likeness (QED) is 0.690. The van der Waals surface area contributed by atoms with Gasteiger partial charge in [-0.05, 0) is 48.9 Å². The van der Waals surface area contributed by atoms with E-state index in [1.807, 2.05) is 0 Å². The largest absolute Gasteiger partial charge is 0.372 e. The number of hydrogen-bond donors (Lipinski definition) is 0. The van der Waals surface area contributed by atoms with E-state index in [0.717, 1.165) is 13.1 Å². The minimum atomic E-state index is 0.551.